The minimum absolute atomic E-state index is 0.0201. The molecule has 0 aliphatic carbocycles. The van der Waals surface area contributed by atoms with Gasteiger partial charge in [0.1, 0.15) is 16.6 Å². The predicted molar refractivity (Wildman–Crippen MR) is 116 cm³/mol. The Kier molecular flexibility index (Phi) is 5.44. The second-order valence-corrected chi connectivity index (χ2v) is 10.0. The Morgan fingerprint density at radius 1 is 0.933 bits per heavy atom. The quantitative estimate of drug-likeness (QED) is 0.349. The molecule has 8 heteroatoms. The van der Waals surface area contributed by atoms with Crippen molar-refractivity contribution in [1.82, 2.24) is 4.98 Å². The van der Waals surface area contributed by atoms with Gasteiger partial charge in [0.05, 0.1) is 20.5 Å². The molecule has 0 aliphatic rings. The molecule has 0 bridgehead atoms. The molecular formula is C22H14ClF2NO2S2. The lowest BCUT2D eigenvalue weighted by Crippen LogP contribution is -1.96. The van der Waals surface area contributed by atoms with Crippen LogP contribution in [0.4, 0.5) is 8.78 Å². The summed E-state index contributed by atoms with van der Waals surface area (Å²) in [4.78, 5) is 5.32. The Bertz CT molecular complexity index is 1350. The van der Waals surface area contributed by atoms with Crippen molar-refractivity contribution < 1.29 is 17.2 Å². The zero-order chi connectivity index (χ0) is 21.5. The van der Waals surface area contributed by atoms with Crippen LogP contribution in [0.3, 0.4) is 0 Å². The van der Waals surface area contributed by atoms with Crippen LogP contribution in [-0.2, 0) is 9.84 Å². The SMILES string of the molecule is CS(=O)(=O)c1ccc(-c2sc(-c3ccccc3Cl)nc2-c2cc(F)ccc2F)cc1. The van der Waals surface area contributed by atoms with E-state index in [-0.39, 0.29) is 16.2 Å². The molecule has 1 heterocycles. The molecular weight excluding hydrogens is 448 g/mol. The van der Waals surface area contributed by atoms with E-state index in [0.717, 1.165) is 24.5 Å². The highest BCUT2D eigenvalue weighted by molar-refractivity contribution is 7.90. The summed E-state index contributed by atoms with van der Waals surface area (Å²) >= 11 is 7.57. The number of thiazole rings is 1. The predicted octanol–water partition coefficient (Wildman–Crippen LogP) is 6.48. The highest BCUT2D eigenvalue weighted by Gasteiger charge is 2.20. The summed E-state index contributed by atoms with van der Waals surface area (Å²) in [7, 11) is -3.36. The van der Waals surface area contributed by atoms with Crippen molar-refractivity contribution in [1.29, 1.82) is 0 Å². The molecule has 4 aromatic rings. The van der Waals surface area contributed by atoms with Crippen molar-refractivity contribution in [3.05, 3.63) is 83.4 Å². The van der Waals surface area contributed by atoms with Crippen LogP contribution in [0.2, 0.25) is 5.02 Å². The zero-order valence-corrected chi connectivity index (χ0v) is 18.0. The fourth-order valence-electron chi connectivity index (χ4n) is 2.98. The average molecular weight is 462 g/mol. The Balaban J connectivity index is 1.94. The summed E-state index contributed by atoms with van der Waals surface area (Å²) < 4.78 is 51.9. The number of halogens is 3. The first-order valence-electron chi connectivity index (χ1n) is 8.75. The van der Waals surface area contributed by atoms with Gasteiger partial charge < -0.3 is 0 Å². The molecule has 4 rings (SSSR count). The number of aromatic nitrogens is 1. The van der Waals surface area contributed by atoms with Crippen molar-refractivity contribution >= 4 is 32.8 Å². The molecule has 0 aliphatic heterocycles. The van der Waals surface area contributed by atoms with E-state index in [1.807, 2.05) is 6.07 Å². The summed E-state index contributed by atoms with van der Waals surface area (Å²) in [5, 5.41) is 1.03. The summed E-state index contributed by atoms with van der Waals surface area (Å²) in [6.07, 6.45) is 1.12. The third-order valence-electron chi connectivity index (χ3n) is 4.46. The van der Waals surface area contributed by atoms with Gasteiger partial charge in [0.15, 0.2) is 9.84 Å². The third-order valence-corrected chi connectivity index (χ3v) is 7.06. The van der Waals surface area contributed by atoms with Gasteiger partial charge >= 0.3 is 0 Å². The lowest BCUT2D eigenvalue weighted by atomic mass is 10.1. The second-order valence-electron chi connectivity index (χ2n) is 6.60. The normalized spacial score (nSPS) is 11.6. The molecule has 0 saturated carbocycles. The Labute approximate surface area is 181 Å². The maximum atomic E-state index is 14.6. The number of hydrogen-bond acceptors (Lipinski definition) is 4. The molecule has 0 spiro atoms. The minimum Gasteiger partial charge on any atom is -0.235 e. The molecule has 1 aromatic heterocycles. The first-order valence-corrected chi connectivity index (χ1v) is 11.8. The average Bonchev–Trinajstić information content (AvgIpc) is 3.14. The van der Waals surface area contributed by atoms with Crippen molar-refractivity contribution in [3.8, 4) is 32.3 Å². The number of nitrogens with zero attached hydrogens (tertiary/aromatic N) is 1. The summed E-state index contributed by atoms with van der Waals surface area (Å²) in [6.45, 7) is 0. The molecule has 0 atom stereocenters. The van der Waals surface area contributed by atoms with Gasteiger partial charge in [-0.15, -0.1) is 11.3 Å². The van der Waals surface area contributed by atoms with Crippen LogP contribution in [0.25, 0.3) is 32.3 Å². The van der Waals surface area contributed by atoms with Crippen molar-refractivity contribution in [2.45, 2.75) is 4.90 Å². The molecule has 0 unspecified atom stereocenters. The highest BCUT2D eigenvalue weighted by atomic mass is 35.5. The smallest absolute Gasteiger partial charge is 0.175 e. The monoisotopic (exact) mass is 461 g/mol. The van der Waals surface area contributed by atoms with Crippen LogP contribution < -0.4 is 0 Å². The minimum atomic E-state index is -3.36. The van der Waals surface area contributed by atoms with Crippen molar-refractivity contribution in [2.75, 3.05) is 6.26 Å². The molecule has 0 amide bonds. The molecule has 0 N–H and O–H groups in total. The van der Waals surface area contributed by atoms with Gasteiger partial charge in [-0.1, -0.05) is 41.9 Å². The Hall–Kier alpha value is -2.61. The molecule has 0 radical (unpaired) electrons. The molecule has 152 valence electrons. The molecule has 3 nitrogen and oxygen atoms in total. The molecule has 0 saturated heterocycles. The fourth-order valence-corrected chi connectivity index (χ4v) is 5.02. The maximum absolute atomic E-state index is 14.6. The Morgan fingerprint density at radius 2 is 1.63 bits per heavy atom. The molecule has 0 fully saturated rings. The first-order chi connectivity index (χ1) is 14.2. The van der Waals surface area contributed by atoms with Crippen LogP contribution in [0, 0.1) is 11.6 Å². The number of hydrogen-bond donors (Lipinski definition) is 0. The third kappa shape index (κ3) is 4.01. The van der Waals surface area contributed by atoms with E-state index < -0.39 is 21.5 Å². The zero-order valence-electron chi connectivity index (χ0n) is 15.6. The molecule has 3 aromatic carbocycles. The fraction of sp³-hybridized carbons (Fsp3) is 0.0455. The van der Waals surface area contributed by atoms with Gasteiger partial charge in [0, 0.05) is 17.4 Å². The number of rotatable bonds is 4. The van der Waals surface area contributed by atoms with Crippen LogP contribution in [0.5, 0.6) is 0 Å². The van der Waals surface area contributed by atoms with E-state index in [1.165, 1.54) is 23.5 Å². The van der Waals surface area contributed by atoms with Crippen LogP contribution in [0.1, 0.15) is 0 Å². The van der Waals surface area contributed by atoms with E-state index in [4.69, 9.17) is 11.6 Å². The van der Waals surface area contributed by atoms with E-state index >= 15 is 0 Å². The van der Waals surface area contributed by atoms with E-state index in [2.05, 4.69) is 4.98 Å². The van der Waals surface area contributed by atoms with Crippen LogP contribution in [0.15, 0.2) is 71.6 Å². The molecule has 30 heavy (non-hydrogen) atoms. The highest BCUT2D eigenvalue weighted by Crippen LogP contribution is 2.43. The van der Waals surface area contributed by atoms with Crippen molar-refractivity contribution in [3.63, 3.8) is 0 Å². The summed E-state index contributed by atoms with van der Waals surface area (Å²) in [5.41, 5.74) is 1.59. The number of sulfone groups is 1. The van der Waals surface area contributed by atoms with Crippen molar-refractivity contribution in [2.24, 2.45) is 0 Å². The van der Waals surface area contributed by atoms with E-state index in [0.29, 0.717) is 26.0 Å². The van der Waals surface area contributed by atoms with E-state index in [1.54, 1.807) is 30.3 Å². The van der Waals surface area contributed by atoms with Gasteiger partial charge in [-0.2, -0.15) is 0 Å². The van der Waals surface area contributed by atoms with Crippen LogP contribution in [-0.4, -0.2) is 19.7 Å². The summed E-state index contributed by atoms with van der Waals surface area (Å²) in [5.74, 6) is -1.20. The lowest BCUT2D eigenvalue weighted by Gasteiger charge is -2.05. The summed E-state index contributed by atoms with van der Waals surface area (Å²) in [6, 6.07) is 16.5. The number of benzene rings is 3. The van der Waals surface area contributed by atoms with E-state index in [9.17, 15) is 17.2 Å². The van der Waals surface area contributed by atoms with Gasteiger partial charge in [0.2, 0.25) is 0 Å². The van der Waals surface area contributed by atoms with Gasteiger partial charge in [-0.05, 0) is 42.0 Å². The Morgan fingerprint density at radius 3 is 2.30 bits per heavy atom. The first kappa shape index (κ1) is 20.7. The lowest BCUT2D eigenvalue weighted by molar-refractivity contribution is 0.602. The topological polar surface area (TPSA) is 47.0 Å². The maximum Gasteiger partial charge on any atom is 0.175 e. The van der Waals surface area contributed by atoms with Gasteiger partial charge in [0.25, 0.3) is 0 Å². The largest absolute Gasteiger partial charge is 0.235 e. The second kappa shape index (κ2) is 7.91. The van der Waals surface area contributed by atoms with Crippen LogP contribution >= 0.6 is 22.9 Å². The van der Waals surface area contributed by atoms with Gasteiger partial charge in [-0.3, -0.25) is 0 Å². The van der Waals surface area contributed by atoms with Gasteiger partial charge in [-0.25, -0.2) is 22.2 Å². The standard InChI is InChI=1S/C22H14ClF2NO2S2/c1-30(27,28)15-9-6-13(7-10-15)21-20(17-12-14(24)8-11-19(17)25)26-22(29-21)16-4-2-3-5-18(16)23/h2-12H,1H3.